The highest BCUT2D eigenvalue weighted by Gasteiger charge is 2.04. The molecule has 0 spiro atoms. The van der Waals surface area contributed by atoms with E-state index in [9.17, 15) is 0 Å². The number of nitrogens with zero attached hydrogens (tertiary/aromatic N) is 1. The van der Waals surface area contributed by atoms with E-state index in [0.717, 1.165) is 36.2 Å². The number of methoxy groups -OCH3 is 1. The van der Waals surface area contributed by atoms with Crippen LogP contribution in [0.4, 0.5) is 0 Å². The van der Waals surface area contributed by atoms with Crippen LogP contribution in [0.2, 0.25) is 0 Å². The average molecular weight is 302 g/mol. The monoisotopic (exact) mass is 301 g/mol. The molecule has 4 heteroatoms. The van der Waals surface area contributed by atoms with Crippen molar-refractivity contribution in [3.8, 4) is 5.75 Å². The van der Waals surface area contributed by atoms with Gasteiger partial charge in [-0.3, -0.25) is 0 Å². The van der Waals surface area contributed by atoms with Gasteiger partial charge in [-0.05, 0) is 60.1 Å². The zero-order chi connectivity index (χ0) is 12.7. The Morgan fingerprint density at radius 1 is 1.35 bits per heavy atom. The van der Waals surface area contributed by atoms with Gasteiger partial charge in [0.25, 0.3) is 0 Å². The average Bonchev–Trinajstić information content (AvgIpc) is 2.29. The molecular formula is C13H20BrNO2. The first-order valence-electron chi connectivity index (χ1n) is 5.79. The first kappa shape index (κ1) is 14.5. The van der Waals surface area contributed by atoms with Gasteiger partial charge in [0.15, 0.2) is 0 Å². The van der Waals surface area contributed by atoms with Crippen LogP contribution in [0.3, 0.4) is 0 Å². The van der Waals surface area contributed by atoms with Gasteiger partial charge in [0.2, 0.25) is 0 Å². The number of benzene rings is 1. The van der Waals surface area contributed by atoms with Crippen LogP contribution in [0, 0.1) is 0 Å². The van der Waals surface area contributed by atoms with Crippen molar-refractivity contribution in [2.45, 2.75) is 19.4 Å². The van der Waals surface area contributed by atoms with Crippen LogP contribution in [-0.4, -0.2) is 37.3 Å². The summed E-state index contributed by atoms with van der Waals surface area (Å²) in [5, 5.41) is 8.72. The maximum Gasteiger partial charge on any atom is 0.133 e. The molecular weight excluding hydrogens is 282 g/mol. The Hall–Kier alpha value is -0.580. The number of aliphatic hydroxyl groups excluding tert-OH is 1. The molecule has 0 aromatic heterocycles. The summed E-state index contributed by atoms with van der Waals surface area (Å²) in [7, 11) is 3.76. The lowest BCUT2D eigenvalue weighted by atomic mass is 10.2. The third-order valence-corrected chi connectivity index (χ3v) is 3.24. The molecule has 0 atom stereocenters. The molecule has 0 radical (unpaired) electrons. The topological polar surface area (TPSA) is 32.7 Å². The van der Waals surface area contributed by atoms with Crippen LogP contribution in [0.1, 0.15) is 18.4 Å². The predicted octanol–water partition coefficient (Wildman–Crippen LogP) is 2.66. The van der Waals surface area contributed by atoms with E-state index in [-0.39, 0.29) is 6.61 Å². The molecule has 0 aliphatic heterocycles. The van der Waals surface area contributed by atoms with Crippen molar-refractivity contribution in [2.24, 2.45) is 0 Å². The highest BCUT2D eigenvalue weighted by atomic mass is 79.9. The minimum Gasteiger partial charge on any atom is -0.496 e. The van der Waals surface area contributed by atoms with Crippen molar-refractivity contribution >= 4 is 15.9 Å². The second-order valence-corrected chi connectivity index (χ2v) is 4.99. The molecule has 3 nitrogen and oxygen atoms in total. The molecule has 0 bridgehead atoms. The third kappa shape index (κ3) is 5.06. The Bertz CT molecular complexity index is 344. The third-order valence-electron chi connectivity index (χ3n) is 2.62. The maximum atomic E-state index is 8.72. The number of hydrogen-bond acceptors (Lipinski definition) is 3. The van der Waals surface area contributed by atoms with Gasteiger partial charge in [-0.25, -0.2) is 0 Å². The maximum absolute atomic E-state index is 8.72. The Labute approximate surface area is 112 Å². The standard InChI is InChI=1S/C13H20BrNO2/c1-15(7-3-4-8-16)10-11-5-6-13(17-2)12(14)9-11/h5-6,9,16H,3-4,7-8,10H2,1-2H3. The van der Waals surface area contributed by atoms with Crippen LogP contribution >= 0.6 is 15.9 Å². The number of hydrogen-bond donors (Lipinski definition) is 1. The SMILES string of the molecule is COc1ccc(CN(C)CCCCO)cc1Br. The molecule has 0 saturated carbocycles. The van der Waals surface area contributed by atoms with Crippen molar-refractivity contribution in [2.75, 3.05) is 27.3 Å². The summed E-state index contributed by atoms with van der Waals surface area (Å²) in [6, 6.07) is 6.13. The minimum absolute atomic E-state index is 0.280. The van der Waals surface area contributed by atoms with Gasteiger partial charge in [0.05, 0.1) is 11.6 Å². The Kier molecular flexibility index (Phi) is 6.55. The lowest BCUT2D eigenvalue weighted by Gasteiger charge is -2.17. The molecule has 0 heterocycles. The quantitative estimate of drug-likeness (QED) is 0.786. The van der Waals surface area contributed by atoms with E-state index < -0.39 is 0 Å². The zero-order valence-corrected chi connectivity index (χ0v) is 12.0. The van der Waals surface area contributed by atoms with Gasteiger partial charge < -0.3 is 14.7 Å². The van der Waals surface area contributed by atoms with E-state index in [1.165, 1.54) is 5.56 Å². The highest BCUT2D eigenvalue weighted by molar-refractivity contribution is 9.10. The largest absolute Gasteiger partial charge is 0.496 e. The fraction of sp³-hybridized carbons (Fsp3) is 0.538. The van der Waals surface area contributed by atoms with E-state index >= 15 is 0 Å². The predicted molar refractivity (Wildman–Crippen MR) is 73.3 cm³/mol. The van der Waals surface area contributed by atoms with Gasteiger partial charge in [-0.2, -0.15) is 0 Å². The molecule has 96 valence electrons. The van der Waals surface area contributed by atoms with Crippen molar-refractivity contribution in [3.63, 3.8) is 0 Å². The molecule has 1 N–H and O–H groups in total. The van der Waals surface area contributed by atoms with E-state index in [1.807, 2.05) is 6.07 Å². The second kappa shape index (κ2) is 7.69. The van der Waals surface area contributed by atoms with Gasteiger partial charge in [0, 0.05) is 13.2 Å². The lowest BCUT2D eigenvalue weighted by molar-refractivity contribution is 0.261. The Morgan fingerprint density at radius 3 is 2.71 bits per heavy atom. The summed E-state index contributed by atoms with van der Waals surface area (Å²) in [6.45, 7) is 2.19. The van der Waals surface area contributed by atoms with Gasteiger partial charge in [0.1, 0.15) is 5.75 Å². The van der Waals surface area contributed by atoms with E-state index in [0.29, 0.717) is 0 Å². The van der Waals surface area contributed by atoms with Crippen LogP contribution in [-0.2, 0) is 6.54 Å². The number of unbranched alkanes of at least 4 members (excludes halogenated alkanes) is 1. The van der Waals surface area contributed by atoms with Gasteiger partial charge in [-0.1, -0.05) is 6.07 Å². The highest BCUT2D eigenvalue weighted by Crippen LogP contribution is 2.25. The van der Waals surface area contributed by atoms with Crippen LogP contribution in [0.15, 0.2) is 22.7 Å². The van der Waals surface area contributed by atoms with Crippen LogP contribution in [0.5, 0.6) is 5.75 Å². The fourth-order valence-corrected chi connectivity index (χ4v) is 2.28. The van der Waals surface area contributed by atoms with Crippen LogP contribution in [0.25, 0.3) is 0 Å². The summed E-state index contributed by atoms with van der Waals surface area (Å²) in [5.74, 6) is 0.858. The molecule has 1 rings (SSSR count). The number of halogens is 1. The molecule has 0 aliphatic rings. The molecule has 0 amide bonds. The summed E-state index contributed by atoms with van der Waals surface area (Å²) in [6.07, 6.45) is 1.90. The van der Waals surface area contributed by atoms with E-state index in [4.69, 9.17) is 9.84 Å². The Morgan fingerprint density at radius 2 is 2.12 bits per heavy atom. The van der Waals surface area contributed by atoms with Crippen molar-refractivity contribution in [3.05, 3.63) is 28.2 Å². The molecule has 0 unspecified atom stereocenters. The van der Waals surface area contributed by atoms with E-state index in [1.54, 1.807) is 7.11 Å². The van der Waals surface area contributed by atoms with Crippen molar-refractivity contribution in [1.29, 1.82) is 0 Å². The first-order chi connectivity index (χ1) is 8.17. The molecule has 0 fully saturated rings. The Balaban J connectivity index is 2.48. The molecule has 0 saturated heterocycles. The second-order valence-electron chi connectivity index (χ2n) is 4.14. The normalized spacial score (nSPS) is 10.9. The fourth-order valence-electron chi connectivity index (χ4n) is 1.69. The molecule has 17 heavy (non-hydrogen) atoms. The van der Waals surface area contributed by atoms with Crippen molar-refractivity contribution in [1.82, 2.24) is 4.90 Å². The van der Waals surface area contributed by atoms with Gasteiger partial charge in [-0.15, -0.1) is 0 Å². The molecule has 0 aliphatic carbocycles. The van der Waals surface area contributed by atoms with Crippen LogP contribution < -0.4 is 4.74 Å². The number of aliphatic hydroxyl groups is 1. The summed E-state index contributed by atoms with van der Waals surface area (Å²) >= 11 is 3.48. The summed E-state index contributed by atoms with van der Waals surface area (Å²) in [4.78, 5) is 2.25. The minimum atomic E-state index is 0.280. The van der Waals surface area contributed by atoms with E-state index in [2.05, 4.69) is 40.0 Å². The number of ether oxygens (including phenoxy) is 1. The summed E-state index contributed by atoms with van der Waals surface area (Å²) in [5.41, 5.74) is 1.25. The first-order valence-corrected chi connectivity index (χ1v) is 6.58. The number of rotatable bonds is 7. The van der Waals surface area contributed by atoms with Gasteiger partial charge >= 0.3 is 0 Å². The zero-order valence-electron chi connectivity index (χ0n) is 10.4. The van der Waals surface area contributed by atoms with Crippen molar-refractivity contribution < 1.29 is 9.84 Å². The smallest absolute Gasteiger partial charge is 0.133 e. The molecule has 1 aromatic carbocycles. The summed E-state index contributed by atoms with van der Waals surface area (Å²) < 4.78 is 6.18. The molecule has 1 aromatic rings. The lowest BCUT2D eigenvalue weighted by Crippen LogP contribution is -2.19.